The lowest BCUT2D eigenvalue weighted by Gasteiger charge is -2.25. The number of hydrogen-bond acceptors (Lipinski definition) is 5. The van der Waals surface area contributed by atoms with Gasteiger partial charge in [-0.25, -0.2) is 4.79 Å². The number of amides is 1. The Bertz CT molecular complexity index is 721. The molecule has 1 aromatic heterocycles. The van der Waals surface area contributed by atoms with Crippen LogP contribution in [0.25, 0.3) is 0 Å². The van der Waals surface area contributed by atoms with Crippen molar-refractivity contribution in [1.29, 1.82) is 0 Å². The number of tetrazole rings is 1. The van der Waals surface area contributed by atoms with Crippen molar-refractivity contribution in [3.8, 4) is 0 Å². The van der Waals surface area contributed by atoms with Crippen LogP contribution in [-0.2, 0) is 16.9 Å². The summed E-state index contributed by atoms with van der Waals surface area (Å²) in [4.78, 5) is 26.7. The van der Waals surface area contributed by atoms with Crippen molar-refractivity contribution in [2.75, 3.05) is 0 Å². The second-order valence-corrected chi connectivity index (χ2v) is 6.51. The van der Waals surface area contributed by atoms with Gasteiger partial charge in [-0.05, 0) is 38.5 Å². The second-order valence-electron chi connectivity index (χ2n) is 6.51. The molecule has 0 aliphatic heterocycles. The van der Waals surface area contributed by atoms with E-state index < -0.39 is 23.5 Å². The van der Waals surface area contributed by atoms with E-state index in [9.17, 15) is 14.7 Å². The fourth-order valence-electron chi connectivity index (χ4n) is 2.01. The zero-order chi connectivity index (χ0) is 17.9. The lowest BCUT2D eigenvalue weighted by molar-refractivity contribution is -0.141. The van der Waals surface area contributed by atoms with Crippen molar-refractivity contribution in [2.24, 2.45) is 0 Å². The highest BCUT2D eigenvalue weighted by Crippen LogP contribution is 2.14. The van der Waals surface area contributed by atoms with Crippen LogP contribution in [0.2, 0.25) is 0 Å². The van der Waals surface area contributed by atoms with Gasteiger partial charge in [0.1, 0.15) is 6.04 Å². The molecule has 1 N–H and O–H groups in total. The molecule has 0 saturated heterocycles. The van der Waals surface area contributed by atoms with E-state index in [2.05, 4.69) is 15.4 Å². The van der Waals surface area contributed by atoms with Gasteiger partial charge < -0.3 is 10.0 Å². The molecule has 1 atom stereocenters. The van der Waals surface area contributed by atoms with Gasteiger partial charge in [0.15, 0.2) is 0 Å². The first-order valence-corrected chi connectivity index (χ1v) is 7.58. The molecule has 0 aliphatic carbocycles. The molecule has 24 heavy (non-hydrogen) atoms. The first kappa shape index (κ1) is 17.6. The lowest BCUT2D eigenvalue weighted by Crippen LogP contribution is -2.43. The van der Waals surface area contributed by atoms with E-state index in [1.165, 1.54) is 16.6 Å². The molecule has 1 heterocycles. The monoisotopic (exact) mass is 331 g/mol. The first-order valence-electron chi connectivity index (χ1n) is 7.58. The quantitative estimate of drug-likeness (QED) is 0.892. The predicted molar refractivity (Wildman–Crippen MR) is 86.2 cm³/mol. The SMILES string of the molecule is CC(C(=O)O)N(Cc1ccccc1)C(=O)c1nnn(C(C)(C)C)n1. The molecule has 2 aromatic rings. The van der Waals surface area contributed by atoms with Crippen LogP contribution in [0, 0.1) is 0 Å². The normalized spacial score (nSPS) is 12.7. The zero-order valence-electron chi connectivity index (χ0n) is 14.2. The van der Waals surface area contributed by atoms with Gasteiger partial charge in [-0.1, -0.05) is 30.3 Å². The van der Waals surface area contributed by atoms with Gasteiger partial charge in [-0.15, -0.1) is 10.2 Å². The number of hydrogen-bond donors (Lipinski definition) is 1. The Hall–Kier alpha value is -2.77. The molecule has 0 spiro atoms. The molecule has 1 unspecified atom stereocenters. The number of benzene rings is 1. The summed E-state index contributed by atoms with van der Waals surface area (Å²) in [6.45, 7) is 7.24. The topological polar surface area (TPSA) is 101 Å². The van der Waals surface area contributed by atoms with Crippen LogP contribution in [0.5, 0.6) is 0 Å². The van der Waals surface area contributed by atoms with Crippen LogP contribution in [0.4, 0.5) is 0 Å². The Labute approximate surface area is 140 Å². The van der Waals surface area contributed by atoms with Gasteiger partial charge in [-0.2, -0.15) is 4.80 Å². The second kappa shape index (κ2) is 6.77. The van der Waals surface area contributed by atoms with Gasteiger partial charge in [0, 0.05) is 6.54 Å². The summed E-state index contributed by atoms with van der Waals surface area (Å²) < 4.78 is 0. The van der Waals surface area contributed by atoms with Gasteiger partial charge in [0.2, 0.25) is 0 Å². The highest BCUT2D eigenvalue weighted by Gasteiger charge is 2.30. The van der Waals surface area contributed by atoms with Crippen LogP contribution in [0.3, 0.4) is 0 Å². The third-order valence-corrected chi connectivity index (χ3v) is 3.49. The average Bonchev–Trinajstić information content (AvgIpc) is 3.02. The van der Waals surface area contributed by atoms with E-state index >= 15 is 0 Å². The number of carbonyl (C=O) groups excluding carboxylic acids is 1. The van der Waals surface area contributed by atoms with Gasteiger partial charge in [0.05, 0.1) is 5.54 Å². The fourth-order valence-corrected chi connectivity index (χ4v) is 2.01. The Morgan fingerprint density at radius 2 is 1.88 bits per heavy atom. The number of carboxylic acids is 1. The third-order valence-electron chi connectivity index (χ3n) is 3.49. The first-order chi connectivity index (χ1) is 11.2. The molecule has 0 radical (unpaired) electrons. The van der Waals surface area contributed by atoms with Crippen LogP contribution < -0.4 is 0 Å². The largest absolute Gasteiger partial charge is 0.480 e. The molecule has 8 nitrogen and oxygen atoms in total. The van der Waals surface area contributed by atoms with Crippen molar-refractivity contribution in [2.45, 2.75) is 45.8 Å². The Balaban J connectivity index is 2.30. The molecule has 8 heteroatoms. The van der Waals surface area contributed by atoms with Crippen molar-refractivity contribution in [3.63, 3.8) is 0 Å². The smallest absolute Gasteiger partial charge is 0.326 e. The zero-order valence-corrected chi connectivity index (χ0v) is 14.2. The van der Waals surface area contributed by atoms with E-state index in [4.69, 9.17) is 0 Å². The summed E-state index contributed by atoms with van der Waals surface area (Å²) >= 11 is 0. The summed E-state index contributed by atoms with van der Waals surface area (Å²) in [5.74, 6) is -1.78. The molecular weight excluding hydrogens is 310 g/mol. The summed E-state index contributed by atoms with van der Waals surface area (Å²) in [5.41, 5.74) is 0.399. The number of carboxylic acid groups (broad SMARTS) is 1. The van der Waals surface area contributed by atoms with Crippen molar-refractivity contribution >= 4 is 11.9 Å². The minimum Gasteiger partial charge on any atom is -0.480 e. The van der Waals surface area contributed by atoms with Crippen molar-refractivity contribution in [1.82, 2.24) is 25.1 Å². The molecule has 128 valence electrons. The van der Waals surface area contributed by atoms with Crippen molar-refractivity contribution < 1.29 is 14.7 Å². The highest BCUT2D eigenvalue weighted by atomic mass is 16.4. The summed E-state index contributed by atoms with van der Waals surface area (Å²) in [5, 5.41) is 21.1. The average molecular weight is 331 g/mol. The maximum absolute atomic E-state index is 12.7. The van der Waals surface area contributed by atoms with Crippen LogP contribution in [0.15, 0.2) is 30.3 Å². The molecular formula is C16H21N5O3. The lowest BCUT2D eigenvalue weighted by atomic mass is 10.1. The minimum atomic E-state index is -1.09. The fraction of sp³-hybridized carbons (Fsp3) is 0.438. The molecule has 1 amide bonds. The predicted octanol–water partition coefficient (Wildman–Crippen LogP) is 1.54. The Morgan fingerprint density at radius 3 is 2.38 bits per heavy atom. The van der Waals surface area contributed by atoms with Crippen LogP contribution in [-0.4, -0.2) is 48.1 Å². The Kier molecular flexibility index (Phi) is 4.96. The molecule has 0 fully saturated rings. The van der Waals surface area contributed by atoms with Crippen molar-refractivity contribution in [3.05, 3.63) is 41.7 Å². The summed E-state index contributed by atoms with van der Waals surface area (Å²) in [6, 6.07) is 8.16. The number of rotatable bonds is 5. The maximum atomic E-state index is 12.7. The maximum Gasteiger partial charge on any atom is 0.326 e. The van der Waals surface area contributed by atoms with E-state index in [-0.39, 0.29) is 12.4 Å². The summed E-state index contributed by atoms with van der Waals surface area (Å²) in [6.07, 6.45) is 0. The Morgan fingerprint density at radius 1 is 1.25 bits per heavy atom. The number of aromatic nitrogens is 4. The highest BCUT2D eigenvalue weighted by molar-refractivity contribution is 5.93. The van der Waals surface area contributed by atoms with Gasteiger partial charge in [-0.3, -0.25) is 4.79 Å². The van der Waals surface area contributed by atoms with Crippen LogP contribution >= 0.6 is 0 Å². The van der Waals surface area contributed by atoms with E-state index in [1.807, 2.05) is 51.1 Å². The molecule has 2 rings (SSSR count). The number of carbonyl (C=O) groups is 2. The third kappa shape index (κ3) is 3.95. The van der Waals surface area contributed by atoms with E-state index in [0.29, 0.717) is 0 Å². The number of aliphatic carboxylic acids is 1. The molecule has 0 bridgehead atoms. The molecule has 1 aromatic carbocycles. The summed E-state index contributed by atoms with van der Waals surface area (Å²) in [7, 11) is 0. The van der Waals surface area contributed by atoms with E-state index in [1.54, 1.807) is 0 Å². The standard InChI is InChI=1S/C16H21N5O3/c1-11(15(23)24)20(10-12-8-6-5-7-9-12)14(22)13-17-19-21(18-13)16(2,3)4/h5-9,11H,10H2,1-4H3,(H,23,24). The van der Waals surface area contributed by atoms with Crippen LogP contribution in [0.1, 0.15) is 43.9 Å². The molecule has 0 saturated carbocycles. The number of nitrogens with zero attached hydrogens (tertiary/aromatic N) is 5. The van der Waals surface area contributed by atoms with Gasteiger partial charge >= 0.3 is 5.97 Å². The molecule has 0 aliphatic rings. The minimum absolute atomic E-state index is 0.117. The van der Waals surface area contributed by atoms with E-state index in [0.717, 1.165) is 5.56 Å². The van der Waals surface area contributed by atoms with Gasteiger partial charge in [0.25, 0.3) is 11.7 Å².